The molecule has 2 fully saturated rings. The number of nitrogens with zero attached hydrogens (tertiary/aromatic N) is 2. The van der Waals surface area contributed by atoms with E-state index in [1.165, 1.54) is 12.1 Å². The Balaban J connectivity index is 1.55. The minimum atomic E-state index is -3.78. The van der Waals surface area contributed by atoms with Gasteiger partial charge in [-0.2, -0.15) is 0 Å². The van der Waals surface area contributed by atoms with Crippen molar-refractivity contribution in [3.8, 4) is 5.75 Å². The lowest BCUT2D eigenvalue weighted by Gasteiger charge is -2.38. The summed E-state index contributed by atoms with van der Waals surface area (Å²) in [7, 11) is -2.17. The molecule has 0 unspecified atom stereocenters. The fraction of sp³-hybridized carbons (Fsp3) is 0.435. The number of rotatable bonds is 6. The normalized spacial score (nSPS) is 21.7. The molecule has 2 aliphatic rings. The van der Waals surface area contributed by atoms with Crippen molar-refractivity contribution in [1.82, 2.24) is 5.32 Å². The van der Waals surface area contributed by atoms with Gasteiger partial charge in [-0.1, -0.05) is 0 Å². The summed E-state index contributed by atoms with van der Waals surface area (Å²) in [4.78, 5) is 16.0. The highest BCUT2D eigenvalue weighted by Gasteiger charge is 2.25. The zero-order chi connectivity index (χ0) is 22.9. The lowest BCUT2D eigenvalue weighted by atomic mass is 10.1. The van der Waals surface area contributed by atoms with Crippen LogP contribution in [0.5, 0.6) is 5.75 Å². The molecule has 2 aromatic carbocycles. The van der Waals surface area contributed by atoms with Gasteiger partial charge in [0.15, 0.2) is 0 Å². The number of sulfonamides is 1. The average Bonchev–Trinajstić information content (AvgIpc) is 3.18. The number of benzene rings is 2. The molecule has 0 aliphatic carbocycles. The average molecular weight is 459 g/mol. The summed E-state index contributed by atoms with van der Waals surface area (Å²) in [5.74, 6) is 0.773. The van der Waals surface area contributed by atoms with Crippen molar-refractivity contribution in [3.05, 3.63) is 42.5 Å². The first-order valence-electron chi connectivity index (χ1n) is 10.9. The number of methoxy groups -OCH3 is 1. The van der Waals surface area contributed by atoms with Gasteiger partial charge >= 0.3 is 0 Å². The fourth-order valence-electron chi connectivity index (χ4n) is 4.46. The number of ether oxygens (including phenoxy) is 1. The lowest BCUT2D eigenvalue weighted by molar-refractivity contribution is -0.117. The van der Waals surface area contributed by atoms with Gasteiger partial charge in [-0.3, -0.25) is 9.52 Å². The third-order valence-corrected chi connectivity index (χ3v) is 7.26. The summed E-state index contributed by atoms with van der Waals surface area (Å²) in [6.45, 7) is 6.52. The predicted octanol–water partition coefficient (Wildman–Crippen LogP) is 2.81. The first-order valence-corrected chi connectivity index (χ1v) is 12.4. The van der Waals surface area contributed by atoms with Crippen molar-refractivity contribution in [1.29, 1.82) is 0 Å². The number of hydrogen-bond acceptors (Lipinski definition) is 6. The SMILES string of the molecule is COc1ccc(NS(=O)(=O)c2ccc(N3CCCC3=O)cc2)cc1N1C[C@@H](C)N[C@@H](C)C1. The van der Waals surface area contributed by atoms with Crippen molar-refractivity contribution in [2.45, 2.75) is 43.7 Å². The van der Waals surface area contributed by atoms with E-state index in [1.807, 2.05) is 6.07 Å². The summed E-state index contributed by atoms with van der Waals surface area (Å²) in [5, 5.41) is 3.50. The molecule has 9 heteroatoms. The van der Waals surface area contributed by atoms with Gasteiger partial charge in [0.2, 0.25) is 5.91 Å². The minimum absolute atomic E-state index is 0.0704. The Kier molecular flexibility index (Phi) is 6.30. The Morgan fingerprint density at radius 3 is 2.34 bits per heavy atom. The fourth-order valence-corrected chi connectivity index (χ4v) is 5.51. The molecule has 2 aliphatic heterocycles. The molecule has 32 heavy (non-hydrogen) atoms. The maximum atomic E-state index is 13.0. The van der Waals surface area contributed by atoms with Crippen molar-refractivity contribution >= 4 is 33.0 Å². The second-order valence-electron chi connectivity index (χ2n) is 8.51. The van der Waals surface area contributed by atoms with Crippen molar-refractivity contribution in [3.63, 3.8) is 0 Å². The zero-order valence-corrected chi connectivity index (χ0v) is 19.5. The van der Waals surface area contributed by atoms with Gasteiger partial charge in [0, 0.05) is 43.8 Å². The van der Waals surface area contributed by atoms with Crippen LogP contribution in [0.2, 0.25) is 0 Å². The molecule has 1 amide bonds. The molecule has 2 N–H and O–H groups in total. The van der Waals surface area contributed by atoms with E-state index in [2.05, 4.69) is 28.8 Å². The van der Waals surface area contributed by atoms with Gasteiger partial charge in [-0.05, 0) is 62.7 Å². The van der Waals surface area contributed by atoms with Gasteiger partial charge in [-0.25, -0.2) is 8.42 Å². The van der Waals surface area contributed by atoms with Crippen molar-refractivity contribution < 1.29 is 17.9 Å². The lowest BCUT2D eigenvalue weighted by Crippen LogP contribution is -2.54. The zero-order valence-electron chi connectivity index (χ0n) is 18.7. The van der Waals surface area contributed by atoms with Crippen LogP contribution in [0.15, 0.2) is 47.4 Å². The number of nitrogens with one attached hydrogen (secondary N) is 2. The van der Waals surface area contributed by atoms with Gasteiger partial charge < -0.3 is 19.9 Å². The summed E-state index contributed by atoms with van der Waals surface area (Å²) in [6.07, 6.45) is 1.36. The molecule has 2 heterocycles. The van der Waals surface area contributed by atoms with E-state index < -0.39 is 10.0 Å². The minimum Gasteiger partial charge on any atom is -0.495 e. The number of carbonyl (C=O) groups is 1. The Labute approximate surface area is 189 Å². The van der Waals surface area contributed by atoms with Crippen LogP contribution < -0.4 is 24.6 Å². The van der Waals surface area contributed by atoms with Crippen LogP contribution in [0, 0.1) is 0 Å². The highest BCUT2D eigenvalue weighted by molar-refractivity contribution is 7.92. The monoisotopic (exact) mass is 458 g/mol. The van der Waals surface area contributed by atoms with Gasteiger partial charge in [-0.15, -0.1) is 0 Å². The second-order valence-corrected chi connectivity index (χ2v) is 10.2. The molecular weight excluding hydrogens is 428 g/mol. The highest BCUT2D eigenvalue weighted by atomic mass is 32.2. The van der Waals surface area contributed by atoms with Crippen LogP contribution in [0.4, 0.5) is 17.1 Å². The van der Waals surface area contributed by atoms with Gasteiger partial charge in [0.05, 0.1) is 23.4 Å². The summed E-state index contributed by atoms with van der Waals surface area (Å²) >= 11 is 0. The molecule has 8 nitrogen and oxygen atoms in total. The Hall–Kier alpha value is -2.78. The third-order valence-electron chi connectivity index (χ3n) is 5.86. The molecule has 2 atom stereocenters. The van der Waals surface area contributed by atoms with E-state index in [9.17, 15) is 13.2 Å². The molecule has 4 rings (SSSR count). The number of carbonyl (C=O) groups excluding carboxylic acids is 1. The van der Waals surface area contributed by atoms with E-state index in [0.717, 1.165) is 30.9 Å². The Morgan fingerprint density at radius 1 is 1.06 bits per heavy atom. The molecule has 0 saturated carbocycles. The molecule has 0 radical (unpaired) electrons. The summed E-state index contributed by atoms with van der Waals surface area (Å²) in [6, 6.07) is 12.4. The van der Waals surface area contributed by atoms with Gasteiger partial charge in [0.25, 0.3) is 10.0 Å². The summed E-state index contributed by atoms with van der Waals surface area (Å²) < 4.78 is 34.2. The molecular formula is C23H30N4O4S. The van der Waals surface area contributed by atoms with Gasteiger partial charge in [0.1, 0.15) is 5.75 Å². The molecule has 172 valence electrons. The summed E-state index contributed by atoms with van der Waals surface area (Å²) in [5.41, 5.74) is 2.05. The second kappa shape index (κ2) is 8.99. The molecule has 2 saturated heterocycles. The predicted molar refractivity (Wildman–Crippen MR) is 126 cm³/mol. The first kappa shape index (κ1) is 22.4. The van der Waals surface area contributed by atoms with Crippen LogP contribution in [-0.2, 0) is 14.8 Å². The molecule has 2 aromatic rings. The molecule has 0 aromatic heterocycles. The Bertz CT molecular complexity index is 1080. The van der Waals surface area contributed by atoms with Crippen LogP contribution in [-0.4, -0.2) is 53.2 Å². The Morgan fingerprint density at radius 2 is 1.75 bits per heavy atom. The first-order chi connectivity index (χ1) is 15.3. The standard InChI is InChI=1S/C23H30N4O4S/c1-16-14-26(15-17(2)24-16)21-13-18(6-11-22(21)31-3)25-32(29,30)20-9-7-19(8-10-20)27-12-4-5-23(27)28/h6-11,13,16-17,24-25H,4-5,12,14-15H2,1-3H3/t16-,17+. The van der Waals surface area contributed by atoms with E-state index in [0.29, 0.717) is 36.5 Å². The quantitative estimate of drug-likeness (QED) is 0.692. The number of piperazine rings is 1. The maximum Gasteiger partial charge on any atom is 0.261 e. The van der Waals surface area contributed by atoms with Crippen molar-refractivity contribution in [2.24, 2.45) is 0 Å². The van der Waals surface area contributed by atoms with Crippen LogP contribution in [0.1, 0.15) is 26.7 Å². The highest BCUT2D eigenvalue weighted by Crippen LogP contribution is 2.33. The van der Waals surface area contributed by atoms with E-state index in [-0.39, 0.29) is 10.8 Å². The van der Waals surface area contributed by atoms with Crippen molar-refractivity contribution in [2.75, 3.05) is 41.3 Å². The number of hydrogen-bond donors (Lipinski definition) is 2. The van der Waals surface area contributed by atoms with E-state index >= 15 is 0 Å². The number of anilines is 3. The topological polar surface area (TPSA) is 91.0 Å². The van der Waals surface area contributed by atoms with Crippen LogP contribution >= 0.6 is 0 Å². The smallest absolute Gasteiger partial charge is 0.261 e. The maximum absolute atomic E-state index is 13.0. The van der Waals surface area contributed by atoms with E-state index in [4.69, 9.17) is 4.74 Å². The van der Waals surface area contributed by atoms with Crippen LogP contribution in [0.25, 0.3) is 0 Å². The molecule has 0 bridgehead atoms. The van der Waals surface area contributed by atoms with Crippen LogP contribution in [0.3, 0.4) is 0 Å². The largest absolute Gasteiger partial charge is 0.495 e. The molecule has 0 spiro atoms. The number of amides is 1. The third kappa shape index (κ3) is 4.68. The van der Waals surface area contributed by atoms with E-state index in [1.54, 1.807) is 36.3 Å².